The van der Waals surface area contributed by atoms with Crippen LogP contribution < -0.4 is 10.9 Å². The topological polar surface area (TPSA) is 71.2 Å². The van der Waals surface area contributed by atoms with E-state index in [2.05, 4.69) is 10.3 Å². The molecule has 0 aliphatic heterocycles. The fourth-order valence-electron chi connectivity index (χ4n) is 2.45. The first-order valence-electron chi connectivity index (χ1n) is 7.44. The van der Waals surface area contributed by atoms with E-state index in [1.807, 2.05) is 33.8 Å². The molecule has 0 aromatic carbocycles. The van der Waals surface area contributed by atoms with Gasteiger partial charge < -0.3 is 15.0 Å². The third-order valence-corrected chi connectivity index (χ3v) is 3.67. The van der Waals surface area contributed by atoms with Crippen LogP contribution in [0.5, 0.6) is 0 Å². The molecule has 0 bridgehead atoms. The molecule has 1 aliphatic carbocycles. The van der Waals surface area contributed by atoms with E-state index < -0.39 is 6.09 Å². The second-order valence-corrected chi connectivity index (χ2v) is 6.79. The van der Waals surface area contributed by atoms with E-state index in [4.69, 9.17) is 4.74 Å². The van der Waals surface area contributed by atoms with Crippen LogP contribution in [0.4, 0.5) is 4.79 Å². The van der Waals surface area contributed by atoms with Crippen LogP contribution in [0.2, 0.25) is 0 Å². The van der Waals surface area contributed by atoms with Crippen LogP contribution in [-0.2, 0) is 11.3 Å². The molecule has 1 heterocycles. The first kappa shape index (κ1) is 15.6. The Labute approximate surface area is 125 Å². The molecule has 21 heavy (non-hydrogen) atoms. The van der Waals surface area contributed by atoms with E-state index in [-0.39, 0.29) is 17.7 Å². The average Bonchev–Trinajstić information content (AvgIpc) is 2.22. The Morgan fingerprint density at radius 1 is 1.43 bits per heavy atom. The van der Waals surface area contributed by atoms with Crippen molar-refractivity contribution in [1.82, 2.24) is 10.3 Å². The number of aromatic nitrogens is 1. The molecule has 1 amide bonds. The lowest BCUT2D eigenvalue weighted by atomic mass is 9.78. The number of ether oxygens (including phenoxy) is 1. The molecule has 116 valence electrons. The summed E-state index contributed by atoms with van der Waals surface area (Å²) in [5.74, 6) is 0.426. The number of hydrogen-bond donors (Lipinski definition) is 2. The standard InChI is InChI=1S/C16H24N2O3/c1-10-8-12(11-6-5-7-11)13(14(19)17-10)9-21-15(20)18-16(2,3)4/h8,11H,5-7,9H2,1-4H3,(H,17,19)(H,18,20). The van der Waals surface area contributed by atoms with E-state index >= 15 is 0 Å². The van der Waals surface area contributed by atoms with Crippen molar-refractivity contribution in [3.8, 4) is 0 Å². The number of rotatable bonds is 3. The van der Waals surface area contributed by atoms with Crippen molar-refractivity contribution >= 4 is 6.09 Å². The Hall–Kier alpha value is -1.78. The lowest BCUT2D eigenvalue weighted by molar-refractivity contribution is 0.130. The number of nitrogens with one attached hydrogen (secondary N) is 2. The van der Waals surface area contributed by atoms with Crippen LogP contribution in [0.3, 0.4) is 0 Å². The largest absolute Gasteiger partial charge is 0.444 e. The highest BCUT2D eigenvalue weighted by atomic mass is 16.5. The van der Waals surface area contributed by atoms with Gasteiger partial charge in [0.05, 0.1) is 5.56 Å². The van der Waals surface area contributed by atoms with Gasteiger partial charge in [0.2, 0.25) is 0 Å². The van der Waals surface area contributed by atoms with E-state index in [1.165, 1.54) is 6.42 Å². The highest BCUT2D eigenvalue weighted by Gasteiger charge is 2.25. The molecule has 1 aromatic rings. The summed E-state index contributed by atoms with van der Waals surface area (Å²) in [7, 11) is 0. The van der Waals surface area contributed by atoms with Gasteiger partial charge in [0.1, 0.15) is 6.61 Å². The number of pyridine rings is 1. The number of amides is 1. The Bertz CT molecular complexity index is 580. The normalized spacial score (nSPS) is 15.4. The van der Waals surface area contributed by atoms with Crippen molar-refractivity contribution in [1.29, 1.82) is 0 Å². The fraction of sp³-hybridized carbons (Fsp3) is 0.625. The van der Waals surface area contributed by atoms with Gasteiger partial charge in [-0.15, -0.1) is 0 Å². The maximum Gasteiger partial charge on any atom is 0.407 e. The van der Waals surface area contributed by atoms with Crippen molar-refractivity contribution in [2.75, 3.05) is 0 Å². The van der Waals surface area contributed by atoms with Gasteiger partial charge in [0.15, 0.2) is 0 Å². The smallest absolute Gasteiger partial charge is 0.407 e. The summed E-state index contributed by atoms with van der Waals surface area (Å²) in [6, 6.07) is 2.01. The molecule has 1 saturated carbocycles. The Kier molecular flexibility index (Phi) is 4.40. The van der Waals surface area contributed by atoms with Crippen LogP contribution >= 0.6 is 0 Å². The fourth-order valence-corrected chi connectivity index (χ4v) is 2.45. The van der Waals surface area contributed by atoms with Gasteiger partial charge in [-0.3, -0.25) is 4.79 Å². The minimum Gasteiger partial charge on any atom is -0.444 e. The van der Waals surface area contributed by atoms with Gasteiger partial charge in [-0.2, -0.15) is 0 Å². The van der Waals surface area contributed by atoms with E-state index in [9.17, 15) is 9.59 Å². The van der Waals surface area contributed by atoms with E-state index in [0.717, 1.165) is 24.1 Å². The molecular formula is C16H24N2O3. The number of carbonyl (C=O) groups excluding carboxylic acids is 1. The lowest BCUT2D eigenvalue weighted by Gasteiger charge is -2.28. The molecule has 5 nitrogen and oxygen atoms in total. The lowest BCUT2D eigenvalue weighted by Crippen LogP contribution is -2.41. The van der Waals surface area contributed by atoms with Gasteiger partial charge in [-0.1, -0.05) is 6.42 Å². The molecule has 1 aromatic heterocycles. The number of H-pyrrole nitrogens is 1. The predicted octanol–water partition coefficient (Wildman–Crippen LogP) is 2.98. The van der Waals surface area contributed by atoms with Gasteiger partial charge in [0, 0.05) is 11.2 Å². The van der Waals surface area contributed by atoms with Gasteiger partial charge in [-0.25, -0.2) is 4.79 Å². The van der Waals surface area contributed by atoms with Crippen LogP contribution in [0, 0.1) is 6.92 Å². The summed E-state index contributed by atoms with van der Waals surface area (Å²) >= 11 is 0. The second-order valence-electron chi connectivity index (χ2n) is 6.79. The number of carbonyl (C=O) groups is 1. The number of hydrogen-bond acceptors (Lipinski definition) is 3. The summed E-state index contributed by atoms with van der Waals surface area (Å²) < 4.78 is 5.21. The van der Waals surface area contributed by atoms with Crippen LogP contribution in [0.25, 0.3) is 0 Å². The summed E-state index contributed by atoms with van der Waals surface area (Å²) in [5, 5.41) is 2.72. The monoisotopic (exact) mass is 292 g/mol. The molecule has 2 N–H and O–H groups in total. The molecule has 5 heteroatoms. The molecule has 0 radical (unpaired) electrons. The van der Waals surface area contributed by atoms with Crippen molar-refractivity contribution in [2.24, 2.45) is 0 Å². The minimum atomic E-state index is -0.498. The zero-order chi connectivity index (χ0) is 15.6. The third-order valence-electron chi connectivity index (χ3n) is 3.67. The quantitative estimate of drug-likeness (QED) is 0.899. The zero-order valence-electron chi connectivity index (χ0n) is 13.2. The summed E-state index contributed by atoms with van der Waals surface area (Å²) in [6.07, 6.45) is 2.90. The zero-order valence-corrected chi connectivity index (χ0v) is 13.2. The van der Waals surface area contributed by atoms with Crippen molar-refractivity contribution in [3.63, 3.8) is 0 Å². The molecule has 0 spiro atoms. The molecule has 0 unspecified atom stereocenters. The highest BCUT2D eigenvalue weighted by Crippen LogP contribution is 2.37. The van der Waals surface area contributed by atoms with Crippen LogP contribution in [0.15, 0.2) is 10.9 Å². The number of aromatic amines is 1. The summed E-state index contributed by atoms with van der Waals surface area (Å²) in [6.45, 7) is 7.54. The summed E-state index contributed by atoms with van der Waals surface area (Å²) in [5.41, 5.74) is 1.96. The summed E-state index contributed by atoms with van der Waals surface area (Å²) in [4.78, 5) is 26.7. The Morgan fingerprint density at radius 3 is 2.62 bits per heavy atom. The van der Waals surface area contributed by atoms with Gasteiger partial charge in [-0.05, 0) is 58.1 Å². The molecule has 0 saturated heterocycles. The van der Waals surface area contributed by atoms with Gasteiger partial charge >= 0.3 is 6.09 Å². The maximum absolute atomic E-state index is 12.1. The molecule has 0 atom stereocenters. The average molecular weight is 292 g/mol. The van der Waals surface area contributed by atoms with Crippen molar-refractivity contribution in [3.05, 3.63) is 33.2 Å². The Morgan fingerprint density at radius 2 is 2.10 bits per heavy atom. The van der Waals surface area contributed by atoms with Crippen LogP contribution in [0.1, 0.15) is 62.8 Å². The second kappa shape index (κ2) is 5.92. The van der Waals surface area contributed by atoms with Gasteiger partial charge in [0.25, 0.3) is 5.56 Å². The number of aryl methyl sites for hydroxylation is 1. The third kappa shape index (κ3) is 4.09. The van der Waals surface area contributed by atoms with Crippen molar-refractivity contribution in [2.45, 2.75) is 65.0 Å². The maximum atomic E-state index is 12.1. The molecule has 1 fully saturated rings. The number of alkyl carbamates (subject to hydrolysis) is 1. The first-order valence-corrected chi connectivity index (χ1v) is 7.44. The van der Waals surface area contributed by atoms with Crippen molar-refractivity contribution < 1.29 is 9.53 Å². The highest BCUT2D eigenvalue weighted by molar-refractivity contribution is 5.68. The Balaban J connectivity index is 2.12. The predicted molar refractivity (Wildman–Crippen MR) is 81.5 cm³/mol. The first-order chi connectivity index (χ1) is 9.76. The molecule has 1 aliphatic rings. The molecular weight excluding hydrogens is 268 g/mol. The SMILES string of the molecule is Cc1cc(C2CCC2)c(COC(=O)NC(C)(C)C)c(=O)[nH]1. The van der Waals surface area contributed by atoms with E-state index in [1.54, 1.807) is 0 Å². The van der Waals surface area contributed by atoms with E-state index in [0.29, 0.717) is 11.5 Å². The molecule has 2 rings (SSSR count). The van der Waals surface area contributed by atoms with Crippen LogP contribution in [-0.4, -0.2) is 16.6 Å². The minimum absolute atomic E-state index is 0.0172.